The molecule has 0 radical (unpaired) electrons. The van der Waals surface area contributed by atoms with Gasteiger partial charge in [-0.15, -0.1) is 21.8 Å². The van der Waals surface area contributed by atoms with Crippen LogP contribution in [-0.4, -0.2) is 19.8 Å². The fourth-order valence-corrected chi connectivity index (χ4v) is 2.59. The first-order chi connectivity index (χ1) is 7.84. The molecule has 0 fully saturated rings. The molecule has 0 spiro atoms. The van der Waals surface area contributed by atoms with E-state index in [-0.39, 0.29) is 5.38 Å². The van der Waals surface area contributed by atoms with Crippen LogP contribution in [0.4, 0.5) is 0 Å². The van der Waals surface area contributed by atoms with Gasteiger partial charge in [-0.25, -0.2) is 0 Å². The standard InChI is InChI=1S/C10H7ClN4S/c11-8(7-4-2-1-3-5-7)9-14-15-6-12-13-10(15)16-9/h1-6,8H. The second-order valence-corrected chi connectivity index (χ2v) is 4.70. The van der Waals surface area contributed by atoms with Crippen molar-refractivity contribution < 1.29 is 0 Å². The third kappa shape index (κ3) is 1.58. The summed E-state index contributed by atoms with van der Waals surface area (Å²) >= 11 is 7.80. The van der Waals surface area contributed by atoms with Crippen molar-refractivity contribution in [2.45, 2.75) is 5.38 Å². The number of halogens is 1. The molecule has 0 aliphatic carbocycles. The molecule has 80 valence electrons. The summed E-state index contributed by atoms with van der Waals surface area (Å²) in [5.41, 5.74) is 1.04. The summed E-state index contributed by atoms with van der Waals surface area (Å²) in [5.74, 6) is 0. The normalized spacial score (nSPS) is 13.1. The van der Waals surface area contributed by atoms with Crippen molar-refractivity contribution in [2.75, 3.05) is 0 Å². The number of hydrogen-bond donors (Lipinski definition) is 0. The first-order valence-corrected chi connectivity index (χ1v) is 5.95. The van der Waals surface area contributed by atoms with Gasteiger partial charge in [0.1, 0.15) is 16.7 Å². The number of hydrogen-bond acceptors (Lipinski definition) is 4. The highest BCUT2D eigenvalue weighted by Crippen LogP contribution is 2.30. The first-order valence-electron chi connectivity index (χ1n) is 4.70. The van der Waals surface area contributed by atoms with Gasteiger partial charge in [-0.3, -0.25) is 0 Å². The smallest absolute Gasteiger partial charge is 0.190 e. The average molecular weight is 251 g/mol. The Kier molecular flexibility index (Phi) is 2.34. The number of fused-ring (bicyclic) bond motifs is 1. The molecule has 0 bridgehead atoms. The first kappa shape index (κ1) is 9.74. The third-order valence-corrected chi connectivity index (χ3v) is 3.78. The van der Waals surface area contributed by atoms with E-state index in [1.807, 2.05) is 30.3 Å². The van der Waals surface area contributed by atoms with Gasteiger partial charge in [0.2, 0.25) is 4.96 Å². The van der Waals surface area contributed by atoms with Crippen LogP contribution < -0.4 is 0 Å². The van der Waals surface area contributed by atoms with Crippen LogP contribution in [0.25, 0.3) is 4.96 Å². The van der Waals surface area contributed by atoms with Crippen molar-refractivity contribution in [2.24, 2.45) is 0 Å². The molecular formula is C10H7ClN4S. The van der Waals surface area contributed by atoms with Gasteiger partial charge in [-0.2, -0.15) is 9.61 Å². The van der Waals surface area contributed by atoms with Gasteiger partial charge >= 0.3 is 0 Å². The number of alkyl halides is 1. The molecule has 0 aliphatic heterocycles. The lowest BCUT2D eigenvalue weighted by atomic mass is 10.1. The fourth-order valence-electron chi connectivity index (χ4n) is 1.44. The van der Waals surface area contributed by atoms with Gasteiger partial charge in [0.25, 0.3) is 0 Å². The van der Waals surface area contributed by atoms with Gasteiger partial charge in [-0.1, -0.05) is 41.7 Å². The highest BCUT2D eigenvalue weighted by atomic mass is 35.5. The van der Waals surface area contributed by atoms with E-state index in [1.165, 1.54) is 11.3 Å². The highest BCUT2D eigenvalue weighted by molar-refractivity contribution is 7.17. The Morgan fingerprint density at radius 2 is 2.06 bits per heavy atom. The second-order valence-electron chi connectivity index (χ2n) is 3.27. The molecule has 16 heavy (non-hydrogen) atoms. The SMILES string of the molecule is ClC(c1ccccc1)c1nn2cnnc2s1. The lowest BCUT2D eigenvalue weighted by Gasteiger charge is -2.04. The fraction of sp³-hybridized carbons (Fsp3) is 0.100. The largest absolute Gasteiger partial charge is 0.234 e. The topological polar surface area (TPSA) is 43.1 Å². The van der Waals surface area contributed by atoms with Crippen molar-refractivity contribution in [3.8, 4) is 0 Å². The minimum atomic E-state index is -0.229. The zero-order valence-corrected chi connectivity index (χ0v) is 9.69. The second kappa shape index (κ2) is 3.84. The van der Waals surface area contributed by atoms with E-state index < -0.39 is 0 Å². The van der Waals surface area contributed by atoms with Crippen LogP contribution in [0.5, 0.6) is 0 Å². The van der Waals surface area contributed by atoms with Crippen LogP contribution >= 0.6 is 22.9 Å². The lowest BCUT2D eigenvalue weighted by molar-refractivity contribution is 0.900. The minimum absolute atomic E-state index is 0.229. The lowest BCUT2D eigenvalue weighted by Crippen LogP contribution is -1.93. The van der Waals surface area contributed by atoms with E-state index in [1.54, 1.807) is 10.8 Å². The molecular weight excluding hydrogens is 244 g/mol. The Morgan fingerprint density at radius 1 is 1.25 bits per heavy atom. The van der Waals surface area contributed by atoms with Crippen LogP contribution in [0, 0.1) is 0 Å². The molecule has 0 N–H and O–H groups in total. The van der Waals surface area contributed by atoms with E-state index >= 15 is 0 Å². The van der Waals surface area contributed by atoms with E-state index in [9.17, 15) is 0 Å². The van der Waals surface area contributed by atoms with Crippen LogP contribution in [0.3, 0.4) is 0 Å². The Bertz CT molecular complexity index is 575. The van der Waals surface area contributed by atoms with Gasteiger partial charge in [-0.05, 0) is 5.56 Å². The van der Waals surface area contributed by atoms with E-state index in [4.69, 9.17) is 11.6 Å². The van der Waals surface area contributed by atoms with Gasteiger partial charge < -0.3 is 0 Å². The van der Waals surface area contributed by atoms with Crippen LogP contribution in [-0.2, 0) is 0 Å². The summed E-state index contributed by atoms with van der Waals surface area (Å²) in [4.78, 5) is 0.761. The molecule has 3 aromatic rings. The molecule has 0 aliphatic rings. The Labute approximate surface area is 101 Å². The van der Waals surface area contributed by atoms with E-state index in [2.05, 4.69) is 15.3 Å². The van der Waals surface area contributed by atoms with Gasteiger partial charge in [0, 0.05) is 0 Å². The molecule has 4 nitrogen and oxygen atoms in total. The Hall–Kier alpha value is -1.46. The number of aromatic nitrogens is 4. The number of nitrogens with zero attached hydrogens (tertiary/aromatic N) is 4. The maximum absolute atomic E-state index is 6.35. The van der Waals surface area contributed by atoms with Crippen molar-refractivity contribution >= 4 is 27.9 Å². The van der Waals surface area contributed by atoms with Crippen molar-refractivity contribution in [3.63, 3.8) is 0 Å². The predicted molar refractivity (Wildman–Crippen MR) is 62.8 cm³/mol. The van der Waals surface area contributed by atoms with E-state index in [0.717, 1.165) is 15.5 Å². The predicted octanol–water partition coefficient (Wildman–Crippen LogP) is 2.51. The van der Waals surface area contributed by atoms with Gasteiger partial charge in [0.15, 0.2) is 0 Å². The van der Waals surface area contributed by atoms with Crippen molar-refractivity contribution in [3.05, 3.63) is 47.2 Å². The summed E-state index contributed by atoms with van der Waals surface area (Å²) in [6, 6.07) is 9.86. The average Bonchev–Trinajstić information content (AvgIpc) is 2.89. The van der Waals surface area contributed by atoms with Gasteiger partial charge in [0.05, 0.1) is 0 Å². The molecule has 2 heterocycles. The summed E-state index contributed by atoms with van der Waals surface area (Å²) in [6.45, 7) is 0. The summed E-state index contributed by atoms with van der Waals surface area (Å²) in [6.07, 6.45) is 1.57. The molecule has 3 rings (SSSR count). The number of rotatable bonds is 2. The van der Waals surface area contributed by atoms with Crippen molar-refractivity contribution in [1.29, 1.82) is 0 Å². The molecule has 2 aromatic heterocycles. The quantitative estimate of drug-likeness (QED) is 0.657. The molecule has 1 unspecified atom stereocenters. The number of benzene rings is 1. The van der Waals surface area contributed by atoms with Crippen LogP contribution in [0.2, 0.25) is 0 Å². The monoisotopic (exact) mass is 250 g/mol. The van der Waals surface area contributed by atoms with Crippen LogP contribution in [0.15, 0.2) is 36.7 Å². The van der Waals surface area contributed by atoms with Crippen molar-refractivity contribution in [1.82, 2.24) is 19.8 Å². The summed E-state index contributed by atoms with van der Waals surface area (Å²) in [7, 11) is 0. The molecule has 1 atom stereocenters. The molecule has 0 saturated heterocycles. The Balaban J connectivity index is 2.01. The molecule has 0 amide bonds. The molecule has 0 saturated carbocycles. The molecule has 1 aromatic carbocycles. The minimum Gasteiger partial charge on any atom is -0.190 e. The third-order valence-electron chi connectivity index (χ3n) is 2.21. The zero-order valence-electron chi connectivity index (χ0n) is 8.12. The summed E-state index contributed by atoms with van der Waals surface area (Å²) in [5, 5.41) is 12.6. The van der Waals surface area contributed by atoms with Crippen LogP contribution in [0.1, 0.15) is 15.9 Å². The highest BCUT2D eigenvalue weighted by Gasteiger charge is 2.16. The summed E-state index contributed by atoms with van der Waals surface area (Å²) < 4.78 is 1.64. The maximum Gasteiger partial charge on any atom is 0.234 e. The van der Waals surface area contributed by atoms with E-state index in [0.29, 0.717) is 0 Å². The molecule has 6 heteroatoms. The Morgan fingerprint density at radius 3 is 2.81 bits per heavy atom. The maximum atomic E-state index is 6.35. The zero-order chi connectivity index (χ0) is 11.0.